The number of amides is 4. The van der Waals surface area contributed by atoms with Crippen LogP contribution in [0.3, 0.4) is 0 Å². The van der Waals surface area contributed by atoms with Crippen molar-refractivity contribution < 1.29 is 102 Å². The van der Waals surface area contributed by atoms with Crippen molar-refractivity contribution in [1.29, 1.82) is 0 Å². The van der Waals surface area contributed by atoms with Gasteiger partial charge in [-0.25, -0.2) is 37.0 Å². The second kappa shape index (κ2) is 22.5. The number of phosphoric ester groups is 2. The summed E-state index contributed by atoms with van der Waals surface area (Å²) < 4.78 is 125. The molecule has 33 heteroatoms. The molecule has 6 unspecified atom stereocenters. The number of carbonyl (C=O) groups excluding carboxylic acids is 2. The third-order valence-corrected chi connectivity index (χ3v) is 17.5. The van der Waals surface area contributed by atoms with Gasteiger partial charge >= 0.3 is 49.0 Å². The maximum absolute atomic E-state index is 13.4. The Morgan fingerprint density at radius 2 is 1.16 bits per heavy atom. The van der Waals surface area contributed by atoms with Crippen molar-refractivity contribution in [1.82, 2.24) is 19.8 Å². The van der Waals surface area contributed by atoms with Crippen LogP contribution in [0.4, 0.5) is 25.5 Å². The molecule has 0 radical (unpaired) electrons. The van der Waals surface area contributed by atoms with Crippen molar-refractivity contribution in [3.8, 4) is 0 Å². The summed E-state index contributed by atoms with van der Waals surface area (Å²) in [6, 6.07) is 22.8. The van der Waals surface area contributed by atoms with E-state index in [1.165, 1.54) is 29.3 Å². The predicted molar refractivity (Wildman–Crippen MR) is 247 cm³/mol. The van der Waals surface area contributed by atoms with Crippen LogP contribution in [0.2, 0.25) is 0 Å². The van der Waals surface area contributed by atoms with Gasteiger partial charge in [0.1, 0.15) is 48.3 Å². The molecule has 5 aliphatic rings. The van der Waals surface area contributed by atoms with Crippen LogP contribution >= 0.6 is 31.3 Å². The average molecular weight is 1120 g/mol. The van der Waals surface area contributed by atoms with E-state index in [0.29, 0.717) is 13.0 Å². The van der Waals surface area contributed by atoms with Crippen LogP contribution in [0.5, 0.6) is 0 Å². The van der Waals surface area contributed by atoms with Crippen LogP contribution in [-0.4, -0.2) is 128 Å². The number of fused-ring (bicyclic) bond motifs is 2. The molecule has 5 saturated heterocycles. The number of nitrogens with zero attached hydrogens (tertiary/aromatic N) is 3. The Bertz CT molecular complexity index is 2920. The molecule has 14 atom stereocenters. The van der Waals surface area contributed by atoms with E-state index in [0.717, 1.165) is 27.8 Å². The molecule has 7 N–H and O–H groups in total. The molecular weight excluding hydrogens is 1070 g/mol. The first kappa shape index (κ1) is 54.1. The second-order valence-corrected chi connectivity index (χ2v) is 23.1. The SMILES string of the molecule is O=C(Nc1ccc(F)cc1)Nc1ccn([C@@H]2O[C@H](COP(=O)(O)OP(=O)(O)OP(=O)(O)OP(=O)(O)OC[C@H]3O[C@@H](N4CCCNC4=O)[C@@H]4OC(Cc5ccccc5)O[C@@H]43)[C@H]3OC(Cc4ccccc4)O[C@H]32)c(=O)n1. The quantitative estimate of drug-likeness (QED) is 0.0608. The fourth-order valence-corrected chi connectivity index (χ4v) is 13.5. The van der Waals surface area contributed by atoms with E-state index in [4.69, 9.17) is 37.5 Å². The molecule has 5 fully saturated rings. The van der Waals surface area contributed by atoms with Crippen molar-refractivity contribution in [2.75, 3.05) is 36.9 Å². The summed E-state index contributed by atoms with van der Waals surface area (Å²) in [7, 11) is -24.1. The standard InChI is InChI=1S/C41H47FN6O22P4/c42-26-12-14-27(15-13-26)44-39(49)45-30-16-19-48(41(51)46-30)38-36-34(65-32(67-36)21-25-10-5-2-6-11-25)29(63-38)23-61-72(54,55)69-74(58,59)70-73(56,57)68-71(52,53)60-22-28-33-35(37(62-28)47-18-7-17-43-40(47)50)66-31(64-33)20-24-8-3-1-4-9-24/h1-6,8-16,19,28-29,31-38H,7,17-18,20-23H2,(H,43,50)(H,52,53)(H,54,55)(H,56,57)(H,58,59)(H2,44,45,46,49,51)/t28-,29-,31?,32?,33-,34-,35-,36-,37-,38-/m1/s1. The molecule has 400 valence electrons. The van der Waals surface area contributed by atoms with Crippen molar-refractivity contribution >= 4 is 54.9 Å². The van der Waals surface area contributed by atoms with E-state index >= 15 is 0 Å². The molecule has 5 aliphatic heterocycles. The Hall–Kier alpha value is -4.67. The van der Waals surface area contributed by atoms with Gasteiger partial charge in [-0.05, 0) is 47.9 Å². The fourth-order valence-electron chi connectivity index (χ4n) is 8.53. The number of nitrogens with one attached hydrogen (secondary N) is 3. The van der Waals surface area contributed by atoms with Crippen LogP contribution < -0.4 is 21.6 Å². The van der Waals surface area contributed by atoms with Crippen LogP contribution in [0.15, 0.2) is 102 Å². The summed E-state index contributed by atoms with van der Waals surface area (Å²) in [5, 5.41) is 7.50. The van der Waals surface area contributed by atoms with E-state index in [-0.39, 0.29) is 30.9 Å². The summed E-state index contributed by atoms with van der Waals surface area (Å²) >= 11 is 0. The van der Waals surface area contributed by atoms with Crippen LogP contribution in [0, 0.1) is 5.82 Å². The van der Waals surface area contributed by atoms with Gasteiger partial charge < -0.3 is 58.6 Å². The van der Waals surface area contributed by atoms with Crippen molar-refractivity contribution in [3.63, 3.8) is 0 Å². The summed E-state index contributed by atoms with van der Waals surface area (Å²) in [5.41, 5.74) is 0.884. The van der Waals surface area contributed by atoms with Gasteiger partial charge in [-0.15, -0.1) is 0 Å². The third kappa shape index (κ3) is 13.6. The number of urea groups is 2. The van der Waals surface area contributed by atoms with E-state index in [1.54, 1.807) is 30.3 Å². The normalized spacial score (nSPS) is 29.7. The number of phosphoric acid groups is 4. The number of rotatable bonds is 20. The number of hydrogen-bond acceptors (Lipinski definition) is 19. The zero-order valence-electron chi connectivity index (χ0n) is 38.1. The summed E-state index contributed by atoms with van der Waals surface area (Å²) in [6.45, 7) is -1.22. The highest BCUT2D eigenvalue weighted by Crippen LogP contribution is 2.71. The van der Waals surface area contributed by atoms with Gasteiger partial charge in [0.25, 0.3) is 0 Å². The van der Waals surface area contributed by atoms with Crippen LogP contribution in [-0.2, 0) is 81.5 Å². The number of aromatic nitrogens is 2. The first-order chi connectivity index (χ1) is 35.2. The second-order valence-electron chi connectivity index (χ2n) is 16.8. The molecule has 28 nitrogen and oxygen atoms in total. The molecule has 0 saturated carbocycles. The number of halogens is 1. The minimum atomic E-state index is -6.25. The van der Waals surface area contributed by atoms with Gasteiger partial charge in [-0.3, -0.25) is 23.8 Å². The lowest BCUT2D eigenvalue weighted by atomic mass is 10.1. The lowest BCUT2D eigenvalue weighted by Crippen LogP contribution is -2.54. The van der Waals surface area contributed by atoms with Crippen molar-refractivity contribution in [3.05, 3.63) is 125 Å². The molecule has 1 aromatic heterocycles. The van der Waals surface area contributed by atoms with Crippen LogP contribution in [0.1, 0.15) is 23.8 Å². The molecule has 4 aromatic rings. The number of benzene rings is 3. The van der Waals surface area contributed by atoms with E-state index in [1.807, 2.05) is 30.3 Å². The lowest BCUT2D eigenvalue weighted by molar-refractivity contribution is -0.159. The number of anilines is 2. The van der Waals surface area contributed by atoms with Gasteiger partial charge in [-0.2, -0.15) is 17.9 Å². The molecular formula is C41H47FN6O22P4. The molecule has 0 spiro atoms. The third-order valence-electron chi connectivity index (χ3n) is 11.6. The molecule has 74 heavy (non-hydrogen) atoms. The fraction of sp³-hybridized carbons (Fsp3) is 0.415. The highest BCUT2D eigenvalue weighted by Gasteiger charge is 2.57. The Kier molecular flexibility index (Phi) is 16.5. The van der Waals surface area contributed by atoms with E-state index < -0.39 is 130 Å². The Balaban J connectivity index is 0.808. The molecule has 3 aromatic carbocycles. The highest BCUT2D eigenvalue weighted by atomic mass is 31.3. The van der Waals surface area contributed by atoms with Gasteiger partial charge in [0.2, 0.25) is 0 Å². The molecule has 0 aliphatic carbocycles. The van der Waals surface area contributed by atoms with Gasteiger partial charge in [-0.1, -0.05) is 60.7 Å². The molecule has 6 heterocycles. The largest absolute Gasteiger partial charge is 0.490 e. The average Bonchev–Trinajstić information content (AvgIpc) is 4.09. The minimum absolute atomic E-state index is 0.183. The molecule has 9 rings (SSSR count). The Morgan fingerprint density at radius 1 is 0.662 bits per heavy atom. The predicted octanol–water partition coefficient (Wildman–Crippen LogP) is 4.25. The first-order valence-corrected chi connectivity index (χ1v) is 28.4. The summed E-state index contributed by atoms with van der Waals surface area (Å²) in [6.07, 6.45) is -8.92. The van der Waals surface area contributed by atoms with Crippen molar-refractivity contribution in [2.45, 2.75) is 80.9 Å². The van der Waals surface area contributed by atoms with Crippen molar-refractivity contribution in [2.24, 2.45) is 0 Å². The summed E-state index contributed by atoms with van der Waals surface area (Å²) in [4.78, 5) is 85.4. The molecule has 4 amide bonds. The van der Waals surface area contributed by atoms with Gasteiger partial charge in [0.05, 0.1) is 13.2 Å². The summed E-state index contributed by atoms with van der Waals surface area (Å²) in [5.74, 6) is -0.732. The smallest absolute Gasteiger partial charge is 0.347 e. The number of carbonyl (C=O) groups is 2. The Labute approximate surface area is 418 Å². The van der Waals surface area contributed by atoms with Gasteiger partial charge in [0, 0.05) is 37.8 Å². The monoisotopic (exact) mass is 1120 g/mol. The maximum Gasteiger partial charge on any atom is 0.490 e. The van der Waals surface area contributed by atoms with Crippen LogP contribution in [0.25, 0.3) is 0 Å². The topological polar surface area (TPSA) is 359 Å². The van der Waals surface area contributed by atoms with E-state index in [9.17, 15) is 56.6 Å². The lowest BCUT2D eigenvalue weighted by Gasteiger charge is -2.34. The number of ether oxygens (including phenoxy) is 6. The van der Waals surface area contributed by atoms with E-state index in [2.05, 4.69) is 33.9 Å². The zero-order chi connectivity index (χ0) is 52.4. The Morgan fingerprint density at radius 3 is 1.69 bits per heavy atom. The zero-order valence-corrected chi connectivity index (χ0v) is 41.7. The first-order valence-electron chi connectivity index (χ1n) is 22.4. The number of hydrogen-bond donors (Lipinski definition) is 7. The molecule has 0 bridgehead atoms. The highest BCUT2D eigenvalue weighted by molar-refractivity contribution is 7.69. The minimum Gasteiger partial charge on any atom is -0.347 e. The van der Waals surface area contributed by atoms with Gasteiger partial charge in [0.15, 0.2) is 25.0 Å². The maximum atomic E-state index is 13.4.